The average molecular weight is 318 g/mol. The monoisotopic (exact) mass is 318 g/mol. The normalized spacial score (nSPS) is 23.5. The summed E-state index contributed by atoms with van der Waals surface area (Å²) >= 11 is 0. The number of sulfonamides is 1. The maximum absolute atomic E-state index is 13.8. The molecular weight excluding hydrogens is 298 g/mol. The second-order valence-corrected chi connectivity index (χ2v) is 7.73. The molecule has 4 nitrogen and oxygen atoms in total. The van der Waals surface area contributed by atoms with Crippen molar-refractivity contribution in [1.82, 2.24) is 4.31 Å². The van der Waals surface area contributed by atoms with Gasteiger partial charge in [0.2, 0.25) is 10.0 Å². The van der Waals surface area contributed by atoms with Crippen molar-refractivity contribution in [2.75, 3.05) is 12.8 Å². The lowest BCUT2D eigenvalue weighted by atomic mass is 9.87. The Bertz CT molecular complexity index is 634. The molecule has 0 spiro atoms. The van der Waals surface area contributed by atoms with Crippen molar-refractivity contribution in [3.05, 3.63) is 23.8 Å². The van der Waals surface area contributed by atoms with E-state index in [1.165, 1.54) is 7.05 Å². The number of nitrogen functional groups attached to an aromatic ring is 1. The topological polar surface area (TPSA) is 63.4 Å². The standard InChI is InChI=1S/C14H20F2N2O2S/c1-9-4-3-5-11(6-9)18(2)21(19,20)13-8-10(17)7-12(15)14(13)16/h7-9,11H,3-6,17H2,1-2H3. The van der Waals surface area contributed by atoms with Gasteiger partial charge in [0.15, 0.2) is 11.6 Å². The fourth-order valence-electron chi connectivity index (χ4n) is 2.86. The van der Waals surface area contributed by atoms with Crippen LogP contribution in [0.15, 0.2) is 17.0 Å². The molecule has 2 rings (SSSR count). The Morgan fingerprint density at radius 2 is 1.95 bits per heavy atom. The molecule has 118 valence electrons. The minimum Gasteiger partial charge on any atom is -0.399 e. The molecule has 1 fully saturated rings. The summed E-state index contributed by atoms with van der Waals surface area (Å²) in [5, 5.41) is 0. The number of anilines is 1. The first-order valence-electron chi connectivity index (χ1n) is 6.96. The predicted molar refractivity (Wildman–Crippen MR) is 77.1 cm³/mol. The first kappa shape index (κ1) is 16.2. The van der Waals surface area contributed by atoms with Crippen molar-refractivity contribution in [1.29, 1.82) is 0 Å². The third-order valence-corrected chi connectivity index (χ3v) is 6.01. The van der Waals surface area contributed by atoms with Crippen LogP contribution in [0.2, 0.25) is 0 Å². The van der Waals surface area contributed by atoms with Gasteiger partial charge in [0.1, 0.15) is 4.90 Å². The van der Waals surface area contributed by atoms with E-state index in [9.17, 15) is 17.2 Å². The highest BCUT2D eigenvalue weighted by atomic mass is 32.2. The van der Waals surface area contributed by atoms with E-state index in [0.29, 0.717) is 5.92 Å². The molecule has 0 saturated heterocycles. The molecule has 2 atom stereocenters. The molecule has 2 unspecified atom stereocenters. The summed E-state index contributed by atoms with van der Waals surface area (Å²) in [6.45, 7) is 2.06. The Morgan fingerprint density at radius 3 is 2.57 bits per heavy atom. The lowest BCUT2D eigenvalue weighted by Gasteiger charge is -2.33. The van der Waals surface area contributed by atoms with Gasteiger partial charge in [0.05, 0.1) is 0 Å². The largest absolute Gasteiger partial charge is 0.399 e. The van der Waals surface area contributed by atoms with Gasteiger partial charge in [-0.05, 0) is 30.9 Å². The van der Waals surface area contributed by atoms with Gasteiger partial charge in [-0.1, -0.05) is 19.8 Å². The third-order valence-electron chi connectivity index (χ3n) is 4.10. The van der Waals surface area contributed by atoms with Crippen LogP contribution in [0.25, 0.3) is 0 Å². The molecule has 1 aliphatic carbocycles. The van der Waals surface area contributed by atoms with E-state index in [1.54, 1.807) is 0 Å². The molecular formula is C14H20F2N2O2S. The predicted octanol–water partition coefficient (Wildman–Crippen LogP) is 2.75. The van der Waals surface area contributed by atoms with Crippen LogP contribution < -0.4 is 5.73 Å². The van der Waals surface area contributed by atoms with E-state index in [2.05, 4.69) is 6.92 Å². The molecule has 1 aromatic carbocycles. The molecule has 0 amide bonds. The van der Waals surface area contributed by atoms with Crippen LogP contribution in [0.1, 0.15) is 32.6 Å². The summed E-state index contributed by atoms with van der Waals surface area (Å²) in [5.74, 6) is -2.21. The van der Waals surface area contributed by atoms with Crippen LogP contribution in [-0.2, 0) is 10.0 Å². The van der Waals surface area contributed by atoms with E-state index >= 15 is 0 Å². The molecule has 21 heavy (non-hydrogen) atoms. The Hall–Kier alpha value is -1.21. The van der Waals surface area contributed by atoms with Crippen molar-refractivity contribution in [2.24, 2.45) is 5.92 Å². The molecule has 2 N–H and O–H groups in total. The zero-order valence-electron chi connectivity index (χ0n) is 12.1. The molecule has 7 heteroatoms. The fourth-order valence-corrected chi connectivity index (χ4v) is 4.36. The molecule has 0 radical (unpaired) electrons. The van der Waals surface area contributed by atoms with Crippen molar-refractivity contribution < 1.29 is 17.2 Å². The summed E-state index contributed by atoms with van der Waals surface area (Å²) in [7, 11) is -2.68. The van der Waals surface area contributed by atoms with Gasteiger partial charge in [-0.25, -0.2) is 17.2 Å². The summed E-state index contributed by atoms with van der Waals surface area (Å²) in [6, 6.07) is 1.55. The van der Waals surface area contributed by atoms with Crippen molar-refractivity contribution >= 4 is 15.7 Å². The lowest BCUT2D eigenvalue weighted by molar-refractivity contribution is 0.238. The van der Waals surface area contributed by atoms with Crippen LogP contribution in [0.3, 0.4) is 0 Å². The highest BCUT2D eigenvalue weighted by molar-refractivity contribution is 7.89. The maximum Gasteiger partial charge on any atom is 0.246 e. The minimum absolute atomic E-state index is 0.113. The second kappa shape index (κ2) is 5.88. The number of benzene rings is 1. The SMILES string of the molecule is CC1CCCC(N(C)S(=O)(=O)c2cc(N)cc(F)c2F)C1. The average Bonchev–Trinajstić information content (AvgIpc) is 2.41. The molecule has 1 aliphatic rings. The Labute approximate surface area is 124 Å². The molecule has 0 aromatic heterocycles. The van der Waals surface area contributed by atoms with Crippen LogP contribution in [0.4, 0.5) is 14.5 Å². The van der Waals surface area contributed by atoms with Gasteiger partial charge in [0, 0.05) is 18.8 Å². The number of nitrogens with zero attached hydrogens (tertiary/aromatic N) is 1. The summed E-state index contributed by atoms with van der Waals surface area (Å²) in [6.07, 6.45) is 3.44. The van der Waals surface area contributed by atoms with Crippen molar-refractivity contribution in [3.63, 3.8) is 0 Å². The van der Waals surface area contributed by atoms with E-state index < -0.39 is 26.6 Å². The quantitative estimate of drug-likeness (QED) is 0.872. The number of hydrogen-bond acceptors (Lipinski definition) is 3. The van der Waals surface area contributed by atoms with Crippen LogP contribution >= 0.6 is 0 Å². The van der Waals surface area contributed by atoms with Gasteiger partial charge >= 0.3 is 0 Å². The minimum atomic E-state index is -4.10. The highest BCUT2D eigenvalue weighted by Crippen LogP contribution is 2.31. The number of rotatable bonds is 3. The van der Waals surface area contributed by atoms with E-state index in [0.717, 1.165) is 42.1 Å². The summed E-state index contributed by atoms with van der Waals surface area (Å²) in [5.41, 5.74) is 5.32. The first-order chi connectivity index (χ1) is 9.73. The van der Waals surface area contributed by atoms with E-state index in [-0.39, 0.29) is 11.7 Å². The molecule has 1 aromatic rings. The smallest absolute Gasteiger partial charge is 0.246 e. The van der Waals surface area contributed by atoms with Crippen LogP contribution in [0, 0.1) is 17.6 Å². The maximum atomic E-state index is 13.8. The summed E-state index contributed by atoms with van der Waals surface area (Å²) < 4.78 is 53.5. The molecule has 0 aliphatic heterocycles. The molecule has 0 heterocycles. The highest BCUT2D eigenvalue weighted by Gasteiger charge is 2.33. The Balaban J connectivity index is 2.37. The number of halogens is 2. The number of nitrogens with two attached hydrogens (primary N) is 1. The van der Waals surface area contributed by atoms with Gasteiger partial charge in [-0.15, -0.1) is 0 Å². The summed E-state index contributed by atoms with van der Waals surface area (Å²) in [4.78, 5) is -0.694. The second-order valence-electron chi connectivity index (χ2n) is 5.76. The van der Waals surface area contributed by atoms with Crippen molar-refractivity contribution in [3.8, 4) is 0 Å². The van der Waals surface area contributed by atoms with Gasteiger partial charge in [-0.3, -0.25) is 0 Å². The van der Waals surface area contributed by atoms with Crippen molar-refractivity contribution in [2.45, 2.75) is 43.5 Å². The van der Waals surface area contributed by atoms with Crippen LogP contribution in [0.5, 0.6) is 0 Å². The third kappa shape index (κ3) is 3.18. The van der Waals surface area contributed by atoms with Gasteiger partial charge in [0.25, 0.3) is 0 Å². The Kier molecular flexibility index (Phi) is 4.53. The number of hydrogen-bond donors (Lipinski definition) is 1. The first-order valence-corrected chi connectivity index (χ1v) is 8.40. The van der Waals surface area contributed by atoms with E-state index in [4.69, 9.17) is 5.73 Å². The fraction of sp³-hybridized carbons (Fsp3) is 0.571. The molecule has 0 bridgehead atoms. The zero-order chi connectivity index (χ0) is 15.8. The van der Waals surface area contributed by atoms with Gasteiger partial charge in [-0.2, -0.15) is 4.31 Å². The zero-order valence-corrected chi connectivity index (χ0v) is 13.0. The van der Waals surface area contributed by atoms with Gasteiger partial charge < -0.3 is 5.73 Å². The Morgan fingerprint density at radius 1 is 1.29 bits per heavy atom. The molecule has 1 saturated carbocycles. The van der Waals surface area contributed by atoms with Crippen LogP contribution in [-0.4, -0.2) is 25.8 Å². The van der Waals surface area contributed by atoms with E-state index in [1.807, 2.05) is 0 Å². The lowest BCUT2D eigenvalue weighted by Crippen LogP contribution is -2.40.